The van der Waals surface area contributed by atoms with Gasteiger partial charge in [0.25, 0.3) is 0 Å². The first-order chi connectivity index (χ1) is 5.34. The van der Waals surface area contributed by atoms with Gasteiger partial charge in [-0.15, -0.1) is 0 Å². The lowest BCUT2D eigenvalue weighted by Gasteiger charge is -2.00. The minimum atomic E-state index is 0.780. The van der Waals surface area contributed by atoms with Gasteiger partial charge in [-0.1, -0.05) is 15.9 Å². The summed E-state index contributed by atoms with van der Waals surface area (Å²) < 4.78 is 1.77. The van der Waals surface area contributed by atoms with Crippen LogP contribution in [0.25, 0.3) is 0 Å². The van der Waals surface area contributed by atoms with E-state index in [-0.39, 0.29) is 0 Å². The van der Waals surface area contributed by atoms with Crippen molar-refractivity contribution in [1.82, 2.24) is 20.1 Å². The van der Waals surface area contributed by atoms with Crippen LogP contribution in [0.4, 0.5) is 0 Å². The molecule has 62 valence electrons. The lowest BCUT2D eigenvalue weighted by Crippen LogP contribution is -2.18. The van der Waals surface area contributed by atoms with Gasteiger partial charge in [-0.05, 0) is 0 Å². The molecule has 0 aliphatic rings. The topological polar surface area (TPSA) is 42.7 Å². The number of halogens is 1. The molecule has 0 aliphatic heterocycles. The van der Waals surface area contributed by atoms with Gasteiger partial charge in [0, 0.05) is 18.9 Å². The number of rotatable bonds is 4. The zero-order chi connectivity index (χ0) is 8.10. The van der Waals surface area contributed by atoms with Crippen molar-refractivity contribution in [2.45, 2.75) is 6.54 Å². The lowest BCUT2D eigenvalue weighted by atomic mass is 10.5. The van der Waals surface area contributed by atoms with Crippen LogP contribution < -0.4 is 5.32 Å². The standard InChI is InChI=1S/C6H11BrN4/c1-11-6(9-5-10-11)4-8-3-2-7/h5,8H,2-4H2,1H3. The average Bonchev–Trinajstić information content (AvgIpc) is 2.37. The Bertz CT molecular complexity index is 210. The van der Waals surface area contributed by atoms with E-state index in [0.29, 0.717) is 0 Å². The highest BCUT2D eigenvalue weighted by atomic mass is 79.9. The van der Waals surface area contributed by atoms with Crippen LogP contribution >= 0.6 is 15.9 Å². The molecular formula is C6H11BrN4. The maximum atomic E-state index is 4.06. The van der Waals surface area contributed by atoms with E-state index >= 15 is 0 Å². The Morgan fingerprint density at radius 3 is 3.09 bits per heavy atom. The highest BCUT2D eigenvalue weighted by molar-refractivity contribution is 9.09. The number of nitrogens with one attached hydrogen (secondary N) is 1. The molecule has 0 aliphatic carbocycles. The van der Waals surface area contributed by atoms with Crippen molar-refractivity contribution in [3.63, 3.8) is 0 Å². The van der Waals surface area contributed by atoms with Crippen molar-refractivity contribution >= 4 is 15.9 Å². The fourth-order valence-corrected chi connectivity index (χ4v) is 1.03. The van der Waals surface area contributed by atoms with Crippen molar-refractivity contribution in [3.05, 3.63) is 12.2 Å². The third-order valence-corrected chi connectivity index (χ3v) is 1.76. The van der Waals surface area contributed by atoms with Crippen molar-refractivity contribution in [2.75, 3.05) is 11.9 Å². The van der Waals surface area contributed by atoms with Crippen LogP contribution in [-0.4, -0.2) is 26.6 Å². The summed E-state index contributed by atoms with van der Waals surface area (Å²) in [6.07, 6.45) is 1.56. The molecule has 1 N–H and O–H groups in total. The number of hydrogen-bond acceptors (Lipinski definition) is 3. The molecule has 5 heteroatoms. The molecule has 1 rings (SSSR count). The summed E-state index contributed by atoms with van der Waals surface area (Å²) in [6, 6.07) is 0. The zero-order valence-corrected chi connectivity index (χ0v) is 8.00. The van der Waals surface area contributed by atoms with Crippen molar-refractivity contribution in [1.29, 1.82) is 0 Å². The number of aromatic nitrogens is 3. The number of nitrogens with zero attached hydrogens (tertiary/aromatic N) is 3. The summed E-state index contributed by atoms with van der Waals surface area (Å²) in [5.74, 6) is 0.964. The summed E-state index contributed by atoms with van der Waals surface area (Å²) >= 11 is 3.33. The smallest absolute Gasteiger partial charge is 0.140 e. The van der Waals surface area contributed by atoms with E-state index in [9.17, 15) is 0 Å². The van der Waals surface area contributed by atoms with E-state index in [1.54, 1.807) is 11.0 Å². The van der Waals surface area contributed by atoms with Gasteiger partial charge < -0.3 is 5.32 Å². The molecule has 0 unspecified atom stereocenters. The van der Waals surface area contributed by atoms with Gasteiger partial charge in [0.1, 0.15) is 12.2 Å². The first-order valence-electron chi connectivity index (χ1n) is 3.44. The summed E-state index contributed by atoms with van der Waals surface area (Å²) in [4.78, 5) is 4.06. The van der Waals surface area contributed by atoms with Crippen LogP contribution in [-0.2, 0) is 13.6 Å². The van der Waals surface area contributed by atoms with Crippen LogP contribution in [0.2, 0.25) is 0 Å². The maximum Gasteiger partial charge on any atom is 0.140 e. The molecule has 1 aromatic heterocycles. The molecule has 0 amide bonds. The Morgan fingerprint density at radius 1 is 1.73 bits per heavy atom. The predicted octanol–water partition coefficient (Wildman–Crippen LogP) is 0.300. The number of aryl methyl sites for hydroxylation is 1. The van der Waals surface area contributed by atoms with Crippen molar-refractivity contribution < 1.29 is 0 Å². The van der Waals surface area contributed by atoms with E-state index in [2.05, 4.69) is 31.3 Å². The molecule has 4 nitrogen and oxygen atoms in total. The number of hydrogen-bond donors (Lipinski definition) is 1. The Hall–Kier alpha value is -0.420. The quantitative estimate of drug-likeness (QED) is 0.585. The second-order valence-electron chi connectivity index (χ2n) is 2.17. The van der Waals surface area contributed by atoms with E-state index in [1.807, 2.05) is 7.05 Å². The second kappa shape index (κ2) is 4.46. The summed E-state index contributed by atoms with van der Waals surface area (Å²) in [6.45, 7) is 1.73. The van der Waals surface area contributed by atoms with E-state index in [1.165, 1.54) is 0 Å². The van der Waals surface area contributed by atoms with E-state index < -0.39 is 0 Å². The molecule has 0 fully saturated rings. The molecule has 11 heavy (non-hydrogen) atoms. The monoisotopic (exact) mass is 218 g/mol. The molecule has 0 radical (unpaired) electrons. The van der Waals surface area contributed by atoms with Gasteiger partial charge in [0.2, 0.25) is 0 Å². The van der Waals surface area contributed by atoms with Gasteiger partial charge in [-0.2, -0.15) is 5.10 Å². The van der Waals surface area contributed by atoms with Crippen molar-refractivity contribution in [3.8, 4) is 0 Å². The van der Waals surface area contributed by atoms with E-state index in [4.69, 9.17) is 0 Å². The minimum absolute atomic E-state index is 0.780. The summed E-state index contributed by atoms with van der Waals surface area (Å²) in [5.41, 5.74) is 0. The highest BCUT2D eigenvalue weighted by Gasteiger charge is 1.97. The molecular weight excluding hydrogens is 208 g/mol. The average molecular weight is 219 g/mol. The predicted molar refractivity (Wildman–Crippen MR) is 46.5 cm³/mol. The van der Waals surface area contributed by atoms with Crippen LogP contribution in [0.15, 0.2) is 6.33 Å². The minimum Gasteiger partial charge on any atom is -0.309 e. The SMILES string of the molecule is Cn1ncnc1CNCCBr. The Kier molecular flexibility index (Phi) is 3.51. The fourth-order valence-electron chi connectivity index (χ4n) is 0.747. The van der Waals surface area contributed by atoms with Gasteiger partial charge in [-0.25, -0.2) is 4.98 Å². The second-order valence-corrected chi connectivity index (χ2v) is 2.96. The molecule has 0 atom stereocenters. The molecule has 0 bridgehead atoms. The first-order valence-corrected chi connectivity index (χ1v) is 4.56. The summed E-state index contributed by atoms with van der Waals surface area (Å²) in [5, 5.41) is 8.12. The molecule has 1 aromatic rings. The highest BCUT2D eigenvalue weighted by Crippen LogP contribution is 1.88. The molecule has 0 saturated heterocycles. The summed E-state index contributed by atoms with van der Waals surface area (Å²) in [7, 11) is 1.89. The van der Waals surface area contributed by atoms with Crippen LogP contribution in [0.5, 0.6) is 0 Å². The fraction of sp³-hybridized carbons (Fsp3) is 0.667. The van der Waals surface area contributed by atoms with Crippen LogP contribution in [0.1, 0.15) is 5.82 Å². The van der Waals surface area contributed by atoms with Gasteiger partial charge >= 0.3 is 0 Å². The normalized spacial score (nSPS) is 10.4. The third kappa shape index (κ3) is 2.59. The van der Waals surface area contributed by atoms with Gasteiger partial charge in [0.15, 0.2) is 0 Å². The van der Waals surface area contributed by atoms with Gasteiger partial charge in [0.05, 0.1) is 6.54 Å². The third-order valence-electron chi connectivity index (χ3n) is 1.36. The maximum absolute atomic E-state index is 4.06. The molecule has 0 aromatic carbocycles. The Morgan fingerprint density at radius 2 is 2.55 bits per heavy atom. The van der Waals surface area contributed by atoms with Crippen LogP contribution in [0.3, 0.4) is 0 Å². The Labute approximate surface area is 74.1 Å². The van der Waals surface area contributed by atoms with E-state index in [0.717, 1.165) is 24.2 Å². The van der Waals surface area contributed by atoms with Gasteiger partial charge in [-0.3, -0.25) is 4.68 Å². The molecule has 1 heterocycles. The molecule has 0 saturated carbocycles. The van der Waals surface area contributed by atoms with Crippen LogP contribution in [0, 0.1) is 0 Å². The zero-order valence-electron chi connectivity index (χ0n) is 6.42. The Balaban J connectivity index is 2.32. The first kappa shape index (κ1) is 8.67. The number of alkyl halides is 1. The molecule has 0 spiro atoms. The van der Waals surface area contributed by atoms with Crippen molar-refractivity contribution in [2.24, 2.45) is 7.05 Å². The lowest BCUT2D eigenvalue weighted by molar-refractivity contribution is 0.633. The largest absolute Gasteiger partial charge is 0.309 e.